The normalized spacial score (nSPS) is 9.89. The summed E-state index contributed by atoms with van der Waals surface area (Å²) in [7, 11) is 1.80. The van der Waals surface area contributed by atoms with Crippen LogP contribution >= 0.6 is 12.2 Å². The first-order valence-electron chi connectivity index (χ1n) is 5.23. The molecular weight excluding hydrogens is 254 g/mol. The molecule has 0 saturated carbocycles. The van der Waals surface area contributed by atoms with E-state index in [0.29, 0.717) is 0 Å². The summed E-state index contributed by atoms with van der Waals surface area (Å²) >= 11 is 4.58. The van der Waals surface area contributed by atoms with Gasteiger partial charge in [-0.3, -0.25) is 14.3 Å². The van der Waals surface area contributed by atoms with Crippen LogP contribution in [0, 0.1) is 6.92 Å². The van der Waals surface area contributed by atoms with Gasteiger partial charge in [-0.05, 0) is 6.92 Å². The quantitative estimate of drug-likeness (QED) is 0.468. The highest BCUT2D eigenvalue weighted by Gasteiger charge is 2.13. The lowest BCUT2D eigenvalue weighted by Gasteiger charge is -2.05. The summed E-state index contributed by atoms with van der Waals surface area (Å²) < 4.78 is 1.69. The Morgan fingerprint density at radius 1 is 1.44 bits per heavy atom. The molecule has 0 spiro atoms. The van der Waals surface area contributed by atoms with E-state index in [1.165, 1.54) is 0 Å². The zero-order valence-corrected chi connectivity index (χ0v) is 11.0. The highest BCUT2D eigenvalue weighted by atomic mass is 32.1. The maximum absolute atomic E-state index is 11.4. The van der Waals surface area contributed by atoms with E-state index in [4.69, 9.17) is 5.73 Å². The van der Waals surface area contributed by atoms with Gasteiger partial charge in [-0.2, -0.15) is 5.10 Å². The number of carbonyl (C=O) groups is 2. The number of nitrogens with one attached hydrogen (secondary N) is 2. The third-order valence-electron chi connectivity index (χ3n) is 2.41. The highest BCUT2D eigenvalue weighted by Crippen LogP contribution is 2.04. The number of amides is 2. The summed E-state index contributed by atoms with van der Waals surface area (Å²) in [5.41, 5.74) is 6.99. The molecule has 4 N–H and O–H groups in total. The predicted molar refractivity (Wildman–Crippen MR) is 69.6 cm³/mol. The van der Waals surface area contributed by atoms with Gasteiger partial charge in [-0.15, -0.1) is 0 Å². The molecule has 1 aromatic heterocycles. The Morgan fingerprint density at radius 2 is 2.06 bits per heavy atom. The van der Waals surface area contributed by atoms with E-state index in [1.807, 2.05) is 6.92 Å². The average molecular weight is 269 g/mol. The molecule has 2 amide bonds. The SMILES string of the molecule is Cc1c(CNC(=O)C(=O)NCC(N)=S)cnn1C. The van der Waals surface area contributed by atoms with Crippen molar-refractivity contribution in [2.24, 2.45) is 12.8 Å². The van der Waals surface area contributed by atoms with Crippen LogP contribution < -0.4 is 16.4 Å². The molecule has 0 atom stereocenters. The minimum absolute atomic E-state index is 0.00745. The molecule has 0 aliphatic carbocycles. The van der Waals surface area contributed by atoms with Crippen molar-refractivity contribution < 1.29 is 9.59 Å². The fourth-order valence-electron chi connectivity index (χ4n) is 1.22. The molecule has 1 heterocycles. The standard InChI is InChI=1S/C10H15N5O2S/c1-6-7(4-14-15(6)2)3-12-9(16)10(17)13-5-8(11)18/h4H,3,5H2,1-2H3,(H2,11,18)(H,12,16)(H,13,17). The Hall–Kier alpha value is -1.96. The molecule has 0 aliphatic rings. The number of aryl methyl sites for hydroxylation is 1. The second-order valence-corrected chi connectivity index (χ2v) is 4.23. The van der Waals surface area contributed by atoms with Crippen molar-refractivity contribution in [3.63, 3.8) is 0 Å². The maximum Gasteiger partial charge on any atom is 0.309 e. The second-order valence-electron chi connectivity index (χ2n) is 3.71. The first-order chi connectivity index (χ1) is 8.41. The van der Waals surface area contributed by atoms with E-state index in [-0.39, 0.29) is 18.1 Å². The Balaban J connectivity index is 2.44. The van der Waals surface area contributed by atoms with Crippen molar-refractivity contribution in [2.75, 3.05) is 6.54 Å². The lowest BCUT2D eigenvalue weighted by atomic mass is 10.2. The number of nitrogens with zero attached hydrogens (tertiary/aromatic N) is 2. The monoisotopic (exact) mass is 269 g/mol. The number of hydrogen-bond acceptors (Lipinski definition) is 4. The Morgan fingerprint density at radius 3 is 2.56 bits per heavy atom. The number of aromatic nitrogens is 2. The molecule has 0 fully saturated rings. The van der Waals surface area contributed by atoms with Gasteiger partial charge < -0.3 is 16.4 Å². The van der Waals surface area contributed by atoms with Crippen LogP contribution in [0.5, 0.6) is 0 Å². The van der Waals surface area contributed by atoms with Gasteiger partial charge in [0.1, 0.15) is 0 Å². The fourth-order valence-corrected chi connectivity index (χ4v) is 1.29. The molecule has 0 radical (unpaired) electrons. The van der Waals surface area contributed by atoms with Gasteiger partial charge in [0.05, 0.1) is 17.7 Å². The molecule has 7 nitrogen and oxygen atoms in total. The Kier molecular flexibility index (Phi) is 4.78. The number of rotatable bonds is 4. The van der Waals surface area contributed by atoms with Crippen LogP contribution in [0.1, 0.15) is 11.3 Å². The lowest BCUT2D eigenvalue weighted by Crippen LogP contribution is -2.42. The molecule has 0 saturated heterocycles. The molecule has 8 heteroatoms. The predicted octanol–water partition coefficient (Wildman–Crippen LogP) is -1.25. The van der Waals surface area contributed by atoms with Crippen LogP contribution in [-0.4, -0.2) is 33.1 Å². The van der Waals surface area contributed by atoms with E-state index in [2.05, 4.69) is 28.0 Å². The van der Waals surface area contributed by atoms with Gasteiger partial charge in [-0.25, -0.2) is 0 Å². The van der Waals surface area contributed by atoms with E-state index in [0.717, 1.165) is 11.3 Å². The number of carbonyl (C=O) groups excluding carboxylic acids is 2. The van der Waals surface area contributed by atoms with Gasteiger partial charge in [0.2, 0.25) is 0 Å². The van der Waals surface area contributed by atoms with E-state index >= 15 is 0 Å². The van der Waals surface area contributed by atoms with Crippen LogP contribution in [0.15, 0.2) is 6.20 Å². The molecule has 0 unspecified atom stereocenters. The van der Waals surface area contributed by atoms with Crippen LogP contribution in [0.25, 0.3) is 0 Å². The molecule has 18 heavy (non-hydrogen) atoms. The largest absolute Gasteiger partial charge is 0.392 e. The van der Waals surface area contributed by atoms with Crippen LogP contribution in [0.3, 0.4) is 0 Å². The molecule has 0 aliphatic heterocycles. The molecule has 0 aromatic carbocycles. The van der Waals surface area contributed by atoms with Crippen molar-refractivity contribution in [1.82, 2.24) is 20.4 Å². The van der Waals surface area contributed by atoms with Crippen molar-refractivity contribution in [1.29, 1.82) is 0 Å². The van der Waals surface area contributed by atoms with E-state index in [9.17, 15) is 9.59 Å². The number of hydrogen-bond donors (Lipinski definition) is 3. The Bertz CT molecular complexity index is 483. The van der Waals surface area contributed by atoms with Crippen molar-refractivity contribution in [2.45, 2.75) is 13.5 Å². The van der Waals surface area contributed by atoms with E-state index in [1.54, 1.807) is 17.9 Å². The van der Waals surface area contributed by atoms with Gasteiger partial charge in [0, 0.05) is 24.8 Å². The Labute approximate surface area is 110 Å². The molecule has 0 bridgehead atoms. The van der Waals surface area contributed by atoms with Crippen LogP contribution in [0.2, 0.25) is 0 Å². The number of thiocarbonyl (C=S) groups is 1. The first kappa shape index (κ1) is 14.1. The molecule has 98 valence electrons. The summed E-state index contributed by atoms with van der Waals surface area (Å²) in [6, 6.07) is 0. The third kappa shape index (κ3) is 3.81. The summed E-state index contributed by atoms with van der Waals surface area (Å²) in [6.45, 7) is 2.13. The lowest BCUT2D eigenvalue weighted by molar-refractivity contribution is -0.139. The summed E-state index contributed by atoms with van der Waals surface area (Å²) in [6.07, 6.45) is 1.64. The van der Waals surface area contributed by atoms with Crippen molar-refractivity contribution in [3.8, 4) is 0 Å². The number of nitrogens with two attached hydrogens (primary N) is 1. The van der Waals surface area contributed by atoms with Gasteiger partial charge in [0.25, 0.3) is 0 Å². The minimum atomic E-state index is -0.760. The smallest absolute Gasteiger partial charge is 0.309 e. The summed E-state index contributed by atoms with van der Waals surface area (Å²) in [4.78, 5) is 22.8. The van der Waals surface area contributed by atoms with Gasteiger partial charge in [0.15, 0.2) is 0 Å². The van der Waals surface area contributed by atoms with E-state index < -0.39 is 11.8 Å². The zero-order valence-electron chi connectivity index (χ0n) is 10.2. The van der Waals surface area contributed by atoms with Gasteiger partial charge in [-0.1, -0.05) is 12.2 Å². The molecule has 1 rings (SSSR count). The second kappa shape index (κ2) is 6.10. The molecular formula is C10H15N5O2S. The topological polar surface area (TPSA) is 102 Å². The molecule has 1 aromatic rings. The average Bonchev–Trinajstić information content (AvgIpc) is 2.64. The summed E-state index contributed by atoms with van der Waals surface area (Å²) in [5.74, 6) is -1.49. The minimum Gasteiger partial charge on any atom is -0.392 e. The zero-order chi connectivity index (χ0) is 13.7. The van der Waals surface area contributed by atoms with Crippen molar-refractivity contribution >= 4 is 29.0 Å². The third-order valence-corrected chi connectivity index (χ3v) is 2.55. The highest BCUT2D eigenvalue weighted by molar-refractivity contribution is 7.80. The van der Waals surface area contributed by atoms with Crippen molar-refractivity contribution in [3.05, 3.63) is 17.5 Å². The van der Waals surface area contributed by atoms with Crippen LogP contribution in [0.4, 0.5) is 0 Å². The maximum atomic E-state index is 11.4. The van der Waals surface area contributed by atoms with Crippen LogP contribution in [-0.2, 0) is 23.2 Å². The first-order valence-corrected chi connectivity index (χ1v) is 5.64. The van der Waals surface area contributed by atoms with Gasteiger partial charge >= 0.3 is 11.8 Å². The fraction of sp³-hybridized carbons (Fsp3) is 0.400. The summed E-state index contributed by atoms with van der Waals surface area (Å²) in [5, 5.41) is 8.82.